The van der Waals surface area contributed by atoms with Gasteiger partial charge >= 0.3 is 0 Å². The lowest BCUT2D eigenvalue weighted by atomic mass is 10.1. The van der Waals surface area contributed by atoms with Crippen molar-refractivity contribution in [1.29, 1.82) is 0 Å². The van der Waals surface area contributed by atoms with E-state index in [4.69, 9.17) is 4.74 Å². The van der Waals surface area contributed by atoms with Crippen LogP contribution in [-0.4, -0.2) is 41.1 Å². The molecule has 1 aromatic carbocycles. The van der Waals surface area contributed by atoms with Crippen molar-refractivity contribution in [3.63, 3.8) is 0 Å². The van der Waals surface area contributed by atoms with Gasteiger partial charge in [-0.25, -0.2) is 17.8 Å². The van der Waals surface area contributed by atoms with E-state index in [1.807, 2.05) is 27.7 Å². The summed E-state index contributed by atoms with van der Waals surface area (Å²) in [5.74, 6) is -0.255. The van der Waals surface area contributed by atoms with Crippen molar-refractivity contribution < 1.29 is 22.9 Å². The first-order chi connectivity index (χ1) is 15.7. The van der Waals surface area contributed by atoms with Crippen molar-refractivity contribution in [2.75, 3.05) is 0 Å². The standard InChI is InChI=1S/C22H31N5O6S/c1-7-13(2)25-34(31,32)18-12-16(27(29)30)10-11-17(18)33-21-14(3)19(20(28)23-15-8-9-15)24-26(21)22(4,5)6/h10-13,15,25H,7-9H2,1-6H3,(H,23,28)/t13-/m1/s1. The number of hydrogen-bond acceptors (Lipinski definition) is 7. The van der Waals surface area contributed by atoms with Gasteiger partial charge < -0.3 is 10.1 Å². The molecule has 2 aromatic rings. The molecule has 1 aliphatic rings. The largest absolute Gasteiger partial charge is 0.438 e. The fourth-order valence-corrected chi connectivity index (χ4v) is 4.65. The molecule has 3 rings (SSSR count). The highest BCUT2D eigenvalue weighted by Gasteiger charge is 2.32. The number of rotatable bonds is 9. The first-order valence-electron chi connectivity index (χ1n) is 11.1. The minimum Gasteiger partial charge on any atom is -0.438 e. The Hall–Kier alpha value is -2.99. The summed E-state index contributed by atoms with van der Waals surface area (Å²) in [6.45, 7) is 10.8. The molecule has 1 atom stereocenters. The second-order valence-corrected chi connectivity index (χ2v) is 11.2. The molecule has 2 N–H and O–H groups in total. The molecular weight excluding hydrogens is 462 g/mol. The number of ether oxygens (including phenoxy) is 1. The number of sulfonamides is 1. The summed E-state index contributed by atoms with van der Waals surface area (Å²) in [4.78, 5) is 23.0. The molecule has 12 heteroatoms. The number of amides is 1. The number of carbonyl (C=O) groups is 1. The Bertz CT molecular complexity index is 1210. The summed E-state index contributed by atoms with van der Waals surface area (Å²) in [7, 11) is -4.15. The number of benzene rings is 1. The monoisotopic (exact) mass is 493 g/mol. The topological polar surface area (TPSA) is 145 Å². The van der Waals surface area contributed by atoms with Crippen LogP contribution in [-0.2, 0) is 15.6 Å². The van der Waals surface area contributed by atoms with E-state index in [1.54, 1.807) is 13.8 Å². The van der Waals surface area contributed by atoms with E-state index >= 15 is 0 Å². The van der Waals surface area contributed by atoms with Crippen molar-refractivity contribution in [2.45, 2.75) is 83.3 Å². The fourth-order valence-electron chi connectivity index (χ4n) is 3.17. The molecule has 0 aliphatic heterocycles. The predicted octanol–water partition coefficient (Wildman–Crippen LogP) is 3.62. The molecule has 0 saturated heterocycles. The minimum atomic E-state index is -4.15. The van der Waals surface area contributed by atoms with Gasteiger partial charge in [0.2, 0.25) is 15.9 Å². The van der Waals surface area contributed by atoms with Crippen LogP contribution < -0.4 is 14.8 Å². The first kappa shape index (κ1) is 25.6. The van der Waals surface area contributed by atoms with Gasteiger partial charge in [0.1, 0.15) is 10.6 Å². The zero-order valence-electron chi connectivity index (χ0n) is 20.2. The van der Waals surface area contributed by atoms with Crippen LogP contribution in [0, 0.1) is 17.0 Å². The predicted molar refractivity (Wildman–Crippen MR) is 126 cm³/mol. The van der Waals surface area contributed by atoms with Crippen LogP contribution in [0.5, 0.6) is 11.6 Å². The number of nitro benzene ring substituents is 1. The molecule has 1 aliphatic carbocycles. The average molecular weight is 494 g/mol. The number of non-ortho nitro benzene ring substituents is 1. The van der Waals surface area contributed by atoms with E-state index in [2.05, 4.69) is 15.1 Å². The van der Waals surface area contributed by atoms with Gasteiger partial charge in [0, 0.05) is 29.8 Å². The molecule has 1 saturated carbocycles. The highest BCUT2D eigenvalue weighted by atomic mass is 32.2. The Morgan fingerprint density at radius 2 is 2.00 bits per heavy atom. The summed E-state index contributed by atoms with van der Waals surface area (Å²) >= 11 is 0. The lowest BCUT2D eigenvalue weighted by molar-refractivity contribution is -0.385. The Balaban J connectivity index is 2.12. The van der Waals surface area contributed by atoms with Gasteiger partial charge in [0.15, 0.2) is 5.69 Å². The molecule has 1 fully saturated rings. The van der Waals surface area contributed by atoms with Gasteiger partial charge in [-0.2, -0.15) is 5.10 Å². The van der Waals surface area contributed by atoms with E-state index in [1.165, 1.54) is 16.8 Å². The van der Waals surface area contributed by atoms with E-state index in [-0.39, 0.29) is 39.9 Å². The Labute approximate surface area is 199 Å². The number of aromatic nitrogens is 2. The van der Waals surface area contributed by atoms with Crippen molar-refractivity contribution in [2.24, 2.45) is 0 Å². The molecule has 1 aromatic heterocycles. The van der Waals surface area contributed by atoms with Gasteiger partial charge in [0.05, 0.1) is 10.5 Å². The number of nitro groups is 1. The van der Waals surface area contributed by atoms with Crippen LogP contribution in [0.4, 0.5) is 5.69 Å². The van der Waals surface area contributed by atoms with Gasteiger partial charge in [-0.3, -0.25) is 14.9 Å². The highest BCUT2D eigenvalue weighted by molar-refractivity contribution is 7.89. The first-order valence-corrected chi connectivity index (χ1v) is 12.6. The van der Waals surface area contributed by atoms with Gasteiger partial charge in [0.25, 0.3) is 11.6 Å². The smallest absolute Gasteiger partial charge is 0.272 e. The van der Waals surface area contributed by atoms with Crippen LogP contribution in [0.3, 0.4) is 0 Å². The molecule has 0 radical (unpaired) electrons. The van der Waals surface area contributed by atoms with Gasteiger partial charge in [-0.05, 0) is 59.9 Å². The van der Waals surface area contributed by atoms with Crippen molar-refractivity contribution >= 4 is 21.6 Å². The molecule has 1 heterocycles. The second-order valence-electron chi connectivity index (χ2n) is 9.53. The Morgan fingerprint density at radius 3 is 2.53 bits per heavy atom. The van der Waals surface area contributed by atoms with Crippen LogP contribution in [0.2, 0.25) is 0 Å². The van der Waals surface area contributed by atoms with Gasteiger partial charge in [-0.1, -0.05) is 6.92 Å². The maximum atomic E-state index is 13.1. The second kappa shape index (κ2) is 9.34. The third-order valence-corrected chi connectivity index (χ3v) is 7.05. The van der Waals surface area contributed by atoms with E-state index in [0.717, 1.165) is 18.9 Å². The summed E-state index contributed by atoms with van der Waals surface area (Å²) in [5.41, 5.74) is -0.375. The molecule has 0 bridgehead atoms. The quantitative estimate of drug-likeness (QED) is 0.401. The fraction of sp³-hybridized carbons (Fsp3) is 0.545. The zero-order chi connectivity index (χ0) is 25.4. The lowest BCUT2D eigenvalue weighted by Crippen LogP contribution is -2.32. The normalized spacial score (nSPS) is 15.1. The van der Waals surface area contributed by atoms with Crippen molar-refractivity contribution in [3.8, 4) is 11.6 Å². The van der Waals surface area contributed by atoms with Crippen LogP contribution in [0.1, 0.15) is 69.9 Å². The number of hydrogen-bond donors (Lipinski definition) is 2. The Kier molecular flexibility index (Phi) is 7.04. The number of carbonyl (C=O) groups excluding carboxylic acids is 1. The molecule has 0 spiro atoms. The van der Waals surface area contributed by atoms with Crippen molar-refractivity contribution in [1.82, 2.24) is 19.8 Å². The number of nitrogens with zero attached hydrogens (tertiary/aromatic N) is 3. The maximum absolute atomic E-state index is 13.1. The van der Waals surface area contributed by atoms with E-state index in [9.17, 15) is 23.3 Å². The SMILES string of the molecule is CC[C@@H](C)NS(=O)(=O)c1cc([N+](=O)[O-])ccc1Oc1c(C)c(C(=O)NC2CC2)nn1C(C)(C)C. The van der Waals surface area contributed by atoms with Crippen LogP contribution >= 0.6 is 0 Å². The molecule has 34 heavy (non-hydrogen) atoms. The van der Waals surface area contributed by atoms with E-state index in [0.29, 0.717) is 12.0 Å². The summed E-state index contributed by atoms with van der Waals surface area (Å²) in [6, 6.07) is 3.12. The van der Waals surface area contributed by atoms with Crippen LogP contribution in [0.25, 0.3) is 0 Å². The summed E-state index contributed by atoms with van der Waals surface area (Å²) < 4.78 is 36.3. The molecular formula is C22H31N5O6S. The summed E-state index contributed by atoms with van der Waals surface area (Å²) in [5, 5.41) is 18.7. The molecule has 186 valence electrons. The van der Waals surface area contributed by atoms with Crippen LogP contribution in [0.15, 0.2) is 23.1 Å². The minimum absolute atomic E-state index is 0.107. The molecule has 1 amide bonds. The molecule has 11 nitrogen and oxygen atoms in total. The summed E-state index contributed by atoms with van der Waals surface area (Å²) in [6.07, 6.45) is 2.36. The average Bonchev–Trinajstić information content (AvgIpc) is 3.48. The van der Waals surface area contributed by atoms with E-state index < -0.39 is 26.5 Å². The lowest BCUT2D eigenvalue weighted by Gasteiger charge is -2.23. The maximum Gasteiger partial charge on any atom is 0.272 e. The van der Waals surface area contributed by atoms with Gasteiger partial charge in [-0.15, -0.1) is 0 Å². The zero-order valence-corrected chi connectivity index (χ0v) is 21.0. The highest BCUT2D eigenvalue weighted by Crippen LogP contribution is 2.37. The molecule has 0 unspecified atom stereocenters. The van der Waals surface area contributed by atoms with Crippen molar-refractivity contribution in [3.05, 3.63) is 39.6 Å². The third-order valence-electron chi connectivity index (χ3n) is 5.43. The Morgan fingerprint density at radius 1 is 1.35 bits per heavy atom. The third kappa shape index (κ3) is 5.55. The number of nitrogens with one attached hydrogen (secondary N) is 2.